The number of rotatable bonds is 3. The van der Waals surface area contributed by atoms with Gasteiger partial charge in [0.1, 0.15) is 0 Å². The third-order valence-corrected chi connectivity index (χ3v) is 5.84. The number of hydrogen-bond donors (Lipinski definition) is 1. The molecule has 4 bridgehead atoms. The van der Waals surface area contributed by atoms with Crippen LogP contribution < -0.4 is 5.32 Å². The topological polar surface area (TPSA) is 29.1 Å². The van der Waals surface area contributed by atoms with Gasteiger partial charge in [-0.25, -0.2) is 0 Å². The minimum Gasteiger partial charge on any atom is -0.355 e. The number of nitrogens with one attached hydrogen (secondary N) is 1. The third-order valence-electron chi connectivity index (χ3n) is 4.89. The second kappa shape index (κ2) is 4.12. The molecule has 96 valence electrons. The first-order valence-electron chi connectivity index (χ1n) is 6.54. The van der Waals surface area contributed by atoms with E-state index in [1.54, 1.807) is 0 Å². The summed E-state index contributed by atoms with van der Waals surface area (Å²) < 4.78 is 0. The van der Waals surface area contributed by atoms with Gasteiger partial charge in [-0.05, 0) is 55.8 Å². The molecular weight excluding hydrogens is 302 g/mol. The van der Waals surface area contributed by atoms with Gasteiger partial charge in [0.25, 0.3) is 0 Å². The van der Waals surface area contributed by atoms with E-state index in [1.165, 1.54) is 32.1 Å². The van der Waals surface area contributed by atoms with Crippen molar-refractivity contribution >= 4 is 33.4 Å². The van der Waals surface area contributed by atoms with Gasteiger partial charge in [0, 0.05) is 11.4 Å². The second-order valence-corrected chi connectivity index (χ2v) is 7.88. The molecule has 0 aromatic rings. The Labute approximate surface area is 116 Å². The molecule has 4 aliphatic carbocycles. The quantitative estimate of drug-likeness (QED) is 0.796. The Balaban J connectivity index is 1.72. The van der Waals surface area contributed by atoms with E-state index < -0.39 is 0 Å². The van der Waals surface area contributed by atoms with Crippen LogP contribution in [0.1, 0.15) is 38.5 Å². The average Bonchev–Trinajstić information content (AvgIpc) is 2.22. The lowest BCUT2D eigenvalue weighted by Crippen LogP contribution is -2.56. The molecule has 4 aliphatic rings. The Morgan fingerprint density at radius 2 is 1.94 bits per heavy atom. The fourth-order valence-corrected chi connectivity index (χ4v) is 5.79. The lowest BCUT2D eigenvalue weighted by atomic mass is 9.49. The van der Waals surface area contributed by atoms with Gasteiger partial charge in [0.15, 0.2) is 0 Å². The maximum absolute atomic E-state index is 11.4. The fourth-order valence-electron chi connectivity index (χ4n) is 4.88. The van der Waals surface area contributed by atoms with E-state index in [9.17, 15) is 4.79 Å². The molecule has 17 heavy (non-hydrogen) atoms. The summed E-state index contributed by atoms with van der Waals surface area (Å²) in [6, 6.07) is 0. The molecule has 4 saturated carbocycles. The molecule has 0 saturated heterocycles. The van der Waals surface area contributed by atoms with Crippen molar-refractivity contribution in [2.45, 2.75) is 43.4 Å². The Morgan fingerprint density at radius 3 is 2.47 bits per heavy atom. The first-order chi connectivity index (χ1) is 8.03. The monoisotopic (exact) mass is 319 g/mol. The molecule has 4 rings (SSSR count). The summed E-state index contributed by atoms with van der Waals surface area (Å²) in [4.78, 5) is 11.5. The maximum atomic E-state index is 11.4. The Hall–Kier alpha value is 0.240. The molecule has 0 aliphatic heterocycles. The van der Waals surface area contributed by atoms with Crippen LogP contribution in [-0.2, 0) is 4.79 Å². The van der Waals surface area contributed by atoms with Crippen LogP contribution in [0.3, 0.4) is 0 Å². The molecule has 4 heteroatoms. The number of halogens is 2. The number of hydrogen-bond acceptors (Lipinski definition) is 1. The van der Waals surface area contributed by atoms with Gasteiger partial charge in [0.2, 0.25) is 5.91 Å². The van der Waals surface area contributed by atoms with Crippen LogP contribution in [0.25, 0.3) is 0 Å². The van der Waals surface area contributed by atoms with Crippen molar-refractivity contribution in [1.29, 1.82) is 0 Å². The molecule has 2 unspecified atom stereocenters. The van der Waals surface area contributed by atoms with E-state index in [0.717, 1.165) is 24.8 Å². The van der Waals surface area contributed by atoms with Crippen LogP contribution in [0.15, 0.2) is 0 Å². The Kier molecular flexibility index (Phi) is 2.98. The van der Waals surface area contributed by atoms with Gasteiger partial charge >= 0.3 is 0 Å². The molecule has 0 aromatic heterocycles. The maximum Gasteiger partial charge on any atom is 0.230 e. The minimum absolute atomic E-state index is 0.0587. The first-order valence-corrected chi connectivity index (χ1v) is 8.04. The highest BCUT2D eigenvalue weighted by atomic mass is 79.9. The summed E-state index contributed by atoms with van der Waals surface area (Å²) in [5.74, 6) is 1.73. The zero-order valence-corrected chi connectivity index (χ0v) is 12.3. The number of amides is 1. The first kappa shape index (κ1) is 12.3. The minimum atomic E-state index is 0.0587. The Bertz CT molecular complexity index is 332. The van der Waals surface area contributed by atoms with Crippen LogP contribution in [0.4, 0.5) is 0 Å². The van der Waals surface area contributed by atoms with Crippen molar-refractivity contribution < 1.29 is 4.79 Å². The molecule has 4 fully saturated rings. The van der Waals surface area contributed by atoms with Gasteiger partial charge in [0.05, 0.1) is 5.33 Å². The Morgan fingerprint density at radius 1 is 1.29 bits per heavy atom. The molecule has 2 atom stereocenters. The predicted octanol–water partition coefficient (Wildman–Crippen LogP) is 3.08. The molecule has 1 amide bonds. The number of carbonyl (C=O) groups excluding carboxylic acids is 1. The van der Waals surface area contributed by atoms with Crippen LogP contribution in [-0.4, -0.2) is 22.7 Å². The fraction of sp³-hybridized carbons (Fsp3) is 0.923. The number of alkyl halides is 2. The highest BCUT2D eigenvalue weighted by molar-refractivity contribution is 9.09. The molecule has 0 heterocycles. The van der Waals surface area contributed by atoms with Crippen molar-refractivity contribution in [3.63, 3.8) is 0 Å². The van der Waals surface area contributed by atoms with Crippen molar-refractivity contribution in [2.24, 2.45) is 17.3 Å². The van der Waals surface area contributed by atoms with Gasteiger partial charge < -0.3 is 5.32 Å². The van der Waals surface area contributed by atoms with E-state index >= 15 is 0 Å². The summed E-state index contributed by atoms with van der Waals surface area (Å²) >= 11 is 9.95. The highest BCUT2D eigenvalue weighted by Crippen LogP contribution is 2.63. The van der Waals surface area contributed by atoms with E-state index in [4.69, 9.17) is 11.6 Å². The van der Waals surface area contributed by atoms with Crippen LogP contribution in [0.5, 0.6) is 0 Å². The lowest BCUT2D eigenvalue weighted by Gasteiger charge is -2.60. The molecule has 0 aromatic carbocycles. The van der Waals surface area contributed by atoms with Crippen LogP contribution >= 0.6 is 27.5 Å². The van der Waals surface area contributed by atoms with Crippen molar-refractivity contribution in [2.75, 3.05) is 11.9 Å². The van der Waals surface area contributed by atoms with Crippen molar-refractivity contribution in [3.8, 4) is 0 Å². The van der Waals surface area contributed by atoms with Gasteiger partial charge in [-0.3, -0.25) is 4.79 Å². The molecule has 1 N–H and O–H groups in total. The highest BCUT2D eigenvalue weighted by Gasteiger charge is 2.56. The normalized spacial score (nSPS) is 47.2. The van der Waals surface area contributed by atoms with E-state index in [1.807, 2.05) is 0 Å². The summed E-state index contributed by atoms with van der Waals surface area (Å²) in [5, 5.41) is 3.47. The van der Waals surface area contributed by atoms with E-state index in [-0.39, 0.29) is 10.8 Å². The van der Waals surface area contributed by atoms with Crippen LogP contribution in [0.2, 0.25) is 0 Å². The van der Waals surface area contributed by atoms with Gasteiger partial charge in [-0.2, -0.15) is 0 Å². The third kappa shape index (κ3) is 2.25. The smallest absolute Gasteiger partial charge is 0.230 e. The number of carbonyl (C=O) groups is 1. The van der Waals surface area contributed by atoms with Gasteiger partial charge in [-0.15, -0.1) is 11.6 Å². The zero-order valence-electron chi connectivity index (χ0n) is 9.98. The average molecular weight is 321 g/mol. The van der Waals surface area contributed by atoms with Crippen molar-refractivity contribution in [1.82, 2.24) is 5.32 Å². The summed E-state index contributed by atoms with van der Waals surface area (Å²) in [6.45, 7) is 0.832. The molecular formula is C13H19BrClNO. The molecule has 0 spiro atoms. The van der Waals surface area contributed by atoms with Crippen molar-refractivity contribution in [3.05, 3.63) is 0 Å². The summed E-state index contributed by atoms with van der Waals surface area (Å²) in [7, 11) is 0. The molecule has 0 radical (unpaired) electrons. The lowest BCUT2D eigenvalue weighted by molar-refractivity contribution is -0.120. The summed E-state index contributed by atoms with van der Waals surface area (Å²) in [6.07, 6.45) is 7.46. The standard InChI is InChI=1S/C13H19BrClNO/c14-6-11(17)16-8-12-2-9-1-10(3-12)5-13(15,4-9)7-12/h9-10H,1-8H2,(H,16,17). The molecule has 2 nitrogen and oxygen atoms in total. The summed E-state index contributed by atoms with van der Waals surface area (Å²) in [5.41, 5.74) is 0.309. The van der Waals surface area contributed by atoms with Crippen LogP contribution in [0, 0.1) is 17.3 Å². The SMILES string of the molecule is O=C(CBr)NCC12CC3CC(CC(Cl)(C3)C1)C2. The second-order valence-electron chi connectivity index (χ2n) is 6.52. The largest absolute Gasteiger partial charge is 0.355 e. The predicted molar refractivity (Wildman–Crippen MR) is 72.5 cm³/mol. The van der Waals surface area contributed by atoms with E-state index in [0.29, 0.717) is 10.7 Å². The zero-order chi connectivity index (χ0) is 12.1. The van der Waals surface area contributed by atoms with Gasteiger partial charge in [-0.1, -0.05) is 15.9 Å². The van der Waals surface area contributed by atoms with E-state index in [2.05, 4.69) is 21.2 Å².